The molecule has 0 aliphatic heterocycles. The van der Waals surface area contributed by atoms with Crippen LogP contribution in [0.2, 0.25) is 0 Å². The Balaban J connectivity index is 1.76. The standard InChI is InChI=1S/C19H20O4/c1-3-19(20)23-15-8-9-17(21-2)18(12-15)22-16-10-13-6-4-5-7-14(13)11-16/h4-9,12,16H,3,10-11H2,1-2H3. The largest absolute Gasteiger partial charge is 0.493 e. The van der Waals surface area contributed by atoms with Crippen LogP contribution in [0.15, 0.2) is 42.5 Å². The SMILES string of the molecule is CCC(=O)Oc1ccc(OC)c(OC2Cc3ccccc3C2)c1. The summed E-state index contributed by atoms with van der Waals surface area (Å²) in [6.45, 7) is 1.76. The first-order valence-electron chi connectivity index (χ1n) is 7.81. The van der Waals surface area contributed by atoms with Gasteiger partial charge in [0.1, 0.15) is 11.9 Å². The van der Waals surface area contributed by atoms with Gasteiger partial charge in [-0.3, -0.25) is 4.79 Å². The van der Waals surface area contributed by atoms with E-state index in [-0.39, 0.29) is 12.1 Å². The number of benzene rings is 2. The second kappa shape index (κ2) is 6.73. The highest BCUT2D eigenvalue weighted by Gasteiger charge is 2.23. The predicted molar refractivity (Wildman–Crippen MR) is 87.2 cm³/mol. The van der Waals surface area contributed by atoms with Crippen molar-refractivity contribution in [1.29, 1.82) is 0 Å². The Morgan fingerprint density at radius 1 is 1.09 bits per heavy atom. The Labute approximate surface area is 136 Å². The van der Waals surface area contributed by atoms with E-state index in [0.29, 0.717) is 23.7 Å². The zero-order valence-corrected chi connectivity index (χ0v) is 13.4. The zero-order valence-electron chi connectivity index (χ0n) is 13.4. The van der Waals surface area contributed by atoms with Crippen LogP contribution in [0.4, 0.5) is 0 Å². The third-order valence-corrected chi connectivity index (χ3v) is 3.96. The maximum Gasteiger partial charge on any atom is 0.310 e. The summed E-state index contributed by atoms with van der Waals surface area (Å²) in [5, 5.41) is 0. The molecule has 0 aromatic heterocycles. The van der Waals surface area contributed by atoms with Gasteiger partial charge in [-0.05, 0) is 23.3 Å². The lowest BCUT2D eigenvalue weighted by Gasteiger charge is -2.16. The normalized spacial score (nSPS) is 13.5. The molecule has 23 heavy (non-hydrogen) atoms. The molecule has 0 N–H and O–H groups in total. The Morgan fingerprint density at radius 3 is 2.39 bits per heavy atom. The van der Waals surface area contributed by atoms with Gasteiger partial charge in [0, 0.05) is 25.3 Å². The lowest BCUT2D eigenvalue weighted by molar-refractivity contribution is -0.134. The second-order valence-corrected chi connectivity index (χ2v) is 5.56. The molecule has 120 valence electrons. The van der Waals surface area contributed by atoms with E-state index in [0.717, 1.165) is 12.8 Å². The molecular formula is C19H20O4. The molecule has 0 saturated heterocycles. The van der Waals surface area contributed by atoms with Crippen LogP contribution in [0.3, 0.4) is 0 Å². The van der Waals surface area contributed by atoms with Gasteiger partial charge in [0.25, 0.3) is 0 Å². The van der Waals surface area contributed by atoms with E-state index >= 15 is 0 Å². The highest BCUT2D eigenvalue weighted by Crippen LogP contribution is 2.34. The van der Waals surface area contributed by atoms with Crippen molar-refractivity contribution >= 4 is 5.97 Å². The van der Waals surface area contributed by atoms with Crippen LogP contribution in [-0.2, 0) is 17.6 Å². The highest BCUT2D eigenvalue weighted by molar-refractivity contribution is 5.72. The van der Waals surface area contributed by atoms with Gasteiger partial charge in [0.2, 0.25) is 0 Å². The summed E-state index contributed by atoms with van der Waals surface area (Å²) in [4.78, 5) is 11.4. The van der Waals surface area contributed by atoms with Crippen molar-refractivity contribution in [3.63, 3.8) is 0 Å². The summed E-state index contributed by atoms with van der Waals surface area (Å²) >= 11 is 0. The molecule has 1 aliphatic carbocycles. The Kier molecular flexibility index (Phi) is 4.51. The van der Waals surface area contributed by atoms with E-state index in [2.05, 4.69) is 12.1 Å². The van der Waals surface area contributed by atoms with E-state index in [1.807, 2.05) is 12.1 Å². The predicted octanol–water partition coefficient (Wildman–Crippen LogP) is 3.56. The van der Waals surface area contributed by atoms with Crippen molar-refractivity contribution in [3.05, 3.63) is 53.6 Å². The molecule has 4 nitrogen and oxygen atoms in total. The van der Waals surface area contributed by atoms with Gasteiger partial charge in [-0.15, -0.1) is 0 Å². The van der Waals surface area contributed by atoms with E-state index < -0.39 is 0 Å². The van der Waals surface area contributed by atoms with E-state index in [4.69, 9.17) is 14.2 Å². The Hall–Kier alpha value is -2.49. The van der Waals surface area contributed by atoms with E-state index in [1.54, 1.807) is 32.2 Å². The molecule has 3 rings (SSSR count). The smallest absolute Gasteiger partial charge is 0.310 e. The molecule has 0 heterocycles. The van der Waals surface area contributed by atoms with Gasteiger partial charge in [-0.1, -0.05) is 31.2 Å². The molecule has 1 aliphatic rings. The molecule has 0 bridgehead atoms. The summed E-state index contributed by atoms with van der Waals surface area (Å²) in [6.07, 6.45) is 2.15. The first-order valence-corrected chi connectivity index (χ1v) is 7.81. The number of hydrogen-bond acceptors (Lipinski definition) is 4. The van der Waals surface area contributed by atoms with Crippen LogP contribution in [0.5, 0.6) is 17.2 Å². The van der Waals surface area contributed by atoms with Crippen molar-refractivity contribution in [2.75, 3.05) is 7.11 Å². The average Bonchev–Trinajstić information content (AvgIpc) is 2.97. The monoisotopic (exact) mass is 312 g/mol. The first kappa shape index (κ1) is 15.4. The van der Waals surface area contributed by atoms with Gasteiger partial charge in [0.15, 0.2) is 11.5 Å². The van der Waals surface area contributed by atoms with E-state index in [9.17, 15) is 4.79 Å². The maximum atomic E-state index is 11.4. The fourth-order valence-corrected chi connectivity index (χ4v) is 2.80. The minimum atomic E-state index is -0.269. The zero-order chi connectivity index (χ0) is 16.2. The number of carbonyl (C=O) groups is 1. The number of methoxy groups -OCH3 is 1. The van der Waals surface area contributed by atoms with Crippen molar-refractivity contribution in [3.8, 4) is 17.2 Å². The minimum absolute atomic E-state index is 0.0680. The van der Waals surface area contributed by atoms with Crippen molar-refractivity contribution in [2.45, 2.75) is 32.3 Å². The fraction of sp³-hybridized carbons (Fsp3) is 0.316. The van der Waals surface area contributed by atoms with Crippen LogP contribution in [0.1, 0.15) is 24.5 Å². The third-order valence-electron chi connectivity index (χ3n) is 3.96. The van der Waals surface area contributed by atoms with Crippen LogP contribution >= 0.6 is 0 Å². The van der Waals surface area contributed by atoms with E-state index in [1.165, 1.54) is 11.1 Å². The Bertz CT molecular complexity index is 683. The van der Waals surface area contributed by atoms with Crippen molar-refractivity contribution < 1.29 is 19.0 Å². The molecule has 2 aromatic rings. The quantitative estimate of drug-likeness (QED) is 0.625. The van der Waals surface area contributed by atoms with Crippen LogP contribution < -0.4 is 14.2 Å². The van der Waals surface area contributed by atoms with Gasteiger partial charge in [0.05, 0.1) is 7.11 Å². The van der Waals surface area contributed by atoms with Crippen molar-refractivity contribution in [1.82, 2.24) is 0 Å². The third kappa shape index (κ3) is 3.47. The lowest BCUT2D eigenvalue weighted by atomic mass is 10.1. The molecule has 0 unspecified atom stereocenters. The molecule has 0 atom stereocenters. The Morgan fingerprint density at radius 2 is 1.78 bits per heavy atom. The molecule has 0 amide bonds. The average molecular weight is 312 g/mol. The molecular weight excluding hydrogens is 292 g/mol. The first-order chi connectivity index (χ1) is 11.2. The van der Waals surface area contributed by atoms with Gasteiger partial charge in [-0.25, -0.2) is 0 Å². The molecule has 0 saturated carbocycles. The number of fused-ring (bicyclic) bond motifs is 1. The summed E-state index contributed by atoms with van der Waals surface area (Å²) in [5.41, 5.74) is 2.65. The second-order valence-electron chi connectivity index (χ2n) is 5.56. The molecule has 0 fully saturated rings. The van der Waals surface area contributed by atoms with Crippen LogP contribution in [-0.4, -0.2) is 19.2 Å². The number of esters is 1. The highest BCUT2D eigenvalue weighted by atomic mass is 16.5. The van der Waals surface area contributed by atoms with Crippen LogP contribution in [0, 0.1) is 0 Å². The fourth-order valence-electron chi connectivity index (χ4n) is 2.80. The summed E-state index contributed by atoms with van der Waals surface area (Å²) in [6, 6.07) is 13.6. The maximum absolute atomic E-state index is 11.4. The molecule has 4 heteroatoms. The summed E-state index contributed by atoms with van der Waals surface area (Å²) in [7, 11) is 1.60. The van der Waals surface area contributed by atoms with Crippen molar-refractivity contribution in [2.24, 2.45) is 0 Å². The lowest BCUT2D eigenvalue weighted by Crippen LogP contribution is -2.17. The number of ether oxygens (including phenoxy) is 3. The van der Waals surface area contributed by atoms with Gasteiger partial charge in [-0.2, -0.15) is 0 Å². The minimum Gasteiger partial charge on any atom is -0.493 e. The topological polar surface area (TPSA) is 44.8 Å². The molecule has 0 radical (unpaired) electrons. The molecule has 0 spiro atoms. The molecule has 2 aromatic carbocycles. The van der Waals surface area contributed by atoms with Crippen LogP contribution in [0.25, 0.3) is 0 Å². The van der Waals surface area contributed by atoms with Gasteiger partial charge >= 0.3 is 5.97 Å². The van der Waals surface area contributed by atoms with Gasteiger partial charge < -0.3 is 14.2 Å². The number of rotatable bonds is 5. The summed E-state index contributed by atoms with van der Waals surface area (Å²) < 4.78 is 16.7. The summed E-state index contributed by atoms with van der Waals surface area (Å²) in [5.74, 6) is 1.45. The number of hydrogen-bond donors (Lipinski definition) is 0. The number of carbonyl (C=O) groups excluding carboxylic acids is 1.